The maximum Gasteiger partial charge on any atom is 0.250 e. The first-order valence-corrected chi connectivity index (χ1v) is 6.20. The molecule has 0 aliphatic heterocycles. The zero-order chi connectivity index (χ0) is 11.4. The van der Waals surface area contributed by atoms with Crippen LogP contribution in [0, 0.1) is 5.92 Å². The summed E-state index contributed by atoms with van der Waals surface area (Å²) in [7, 11) is 0. The van der Waals surface area contributed by atoms with E-state index in [1.807, 2.05) is 16.8 Å². The molecule has 3 nitrogen and oxygen atoms in total. The third-order valence-corrected chi connectivity index (χ3v) is 3.63. The van der Waals surface area contributed by atoms with E-state index in [1.54, 1.807) is 12.1 Å². The van der Waals surface area contributed by atoms with Crippen molar-refractivity contribution in [2.45, 2.75) is 38.1 Å². The van der Waals surface area contributed by atoms with Gasteiger partial charge >= 0.3 is 0 Å². The van der Waals surface area contributed by atoms with Crippen molar-refractivity contribution in [2.24, 2.45) is 11.7 Å². The van der Waals surface area contributed by atoms with Crippen LogP contribution in [0.25, 0.3) is 0 Å². The normalized spacial score (nSPS) is 26.3. The molecule has 0 amide bonds. The van der Waals surface area contributed by atoms with Gasteiger partial charge in [-0.05, 0) is 31.4 Å². The number of pyridine rings is 1. The van der Waals surface area contributed by atoms with Crippen LogP contribution in [0.3, 0.4) is 0 Å². The maximum atomic E-state index is 11.8. The number of rotatable bonds is 2. The molecule has 16 heavy (non-hydrogen) atoms. The second kappa shape index (κ2) is 5.30. The Bertz CT molecular complexity index is 386. The summed E-state index contributed by atoms with van der Waals surface area (Å²) in [5, 5.41) is 0. The van der Waals surface area contributed by atoms with Crippen LogP contribution in [0.2, 0.25) is 0 Å². The first-order valence-electron chi connectivity index (χ1n) is 6.20. The SMILES string of the molecule is NCC1CCCCCC1n1ccccc1=O. The second-order valence-electron chi connectivity index (χ2n) is 4.65. The molecule has 3 heteroatoms. The van der Waals surface area contributed by atoms with Crippen LogP contribution in [0.1, 0.15) is 38.1 Å². The van der Waals surface area contributed by atoms with Gasteiger partial charge in [0.25, 0.3) is 5.56 Å². The summed E-state index contributed by atoms with van der Waals surface area (Å²) in [4.78, 5) is 11.8. The average Bonchev–Trinajstić information content (AvgIpc) is 2.54. The van der Waals surface area contributed by atoms with E-state index in [0.717, 1.165) is 12.8 Å². The van der Waals surface area contributed by atoms with Crippen LogP contribution in [0.5, 0.6) is 0 Å². The molecule has 0 spiro atoms. The molecule has 0 saturated heterocycles. The fourth-order valence-electron chi connectivity index (χ4n) is 2.72. The van der Waals surface area contributed by atoms with Crippen LogP contribution >= 0.6 is 0 Å². The minimum absolute atomic E-state index is 0.104. The molecule has 88 valence electrons. The molecule has 1 heterocycles. The van der Waals surface area contributed by atoms with E-state index < -0.39 is 0 Å². The lowest BCUT2D eigenvalue weighted by Crippen LogP contribution is -2.31. The van der Waals surface area contributed by atoms with E-state index in [1.165, 1.54) is 19.3 Å². The highest BCUT2D eigenvalue weighted by atomic mass is 16.1. The Morgan fingerprint density at radius 3 is 2.81 bits per heavy atom. The fourth-order valence-corrected chi connectivity index (χ4v) is 2.72. The van der Waals surface area contributed by atoms with Gasteiger partial charge in [-0.15, -0.1) is 0 Å². The van der Waals surface area contributed by atoms with Crippen molar-refractivity contribution in [3.63, 3.8) is 0 Å². The van der Waals surface area contributed by atoms with E-state index in [0.29, 0.717) is 18.5 Å². The standard InChI is InChI=1S/C13H20N2O/c14-10-11-6-2-1-3-7-12(11)15-9-5-4-8-13(15)16/h4-5,8-9,11-12H,1-3,6-7,10,14H2. The van der Waals surface area contributed by atoms with Crippen LogP contribution in [0.4, 0.5) is 0 Å². The summed E-state index contributed by atoms with van der Waals surface area (Å²) in [6.07, 6.45) is 7.88. The molecule has 1 fully saturated rings. The van der Waals surface area contributed by atoms with Gasteiger partial charge in [-0.25, -0.2) is 0 Å². The van der Waals surface area contributed by atoms with Crippen molar-refractivity contribution in [1.82, 2.24) is 4.57 Å². The van der Waals surface area contributed by atoms with Crippen LogP contribution in [0.15, 0.2) is 29.2 Å². The first-order chi connectivity index (χ1) is 7.83. The predicted octanol–water partition coefficient (Wildman–Crippen LogP) is 1.93. The first kappa shape index (κ1) is 11.4. The van der Waals surface area contributed by atoms with Gasteiger partial charge in [-0.1, -0.05) is 25.3 Å². The minimum atomic E-state index is 0.104. The average molecular weight is 220 g/mol. The van der Waals surface area contributed by atoms with Crippen LogP contribution < -0.4 is 11.3 Å². The highest BCUT2D eigenvalue weighted by Gasteiger charge is 2.24. The van der Waals surface area contributed by atoms with Gasteiger partial charge in [0.05, 0.1) is 0 Å². The Morgan fingerprint density at radius 2 is 2.06 bits per heavy atom. The van der Waals surface area contributed by atoms with Crippen molar-refractivity contribution < 1.29 is 0 Å². The van der Waals surface area contributed by atoms with Gasteiger partial charge in [-0.2, -0.15) is 0 Å². The van der Waals surface area contributed by atoms with E-state index in [9.17, 15) is 4.79 Å². The topological polar surface area (TPSA) is 48.0 Å². The molecule has 0 bridgehead atoms. The number of nitrogens with two attached hydrogens (primary N) is 1. The number of aromatic nitrogens is 1. The lowest BCUT2D eigenvalue weighted by atomic mass is 9.94. The minimum Gasteiger partial charge on any atom is -0.330 e. The Morgan fingerprint density at radius 1 is 1.25 bits per heavy atom. The molecule has 1 aromatic heterocycles. The molecule has 2 N–H and O–H groups in total. The van der Waals surface area contributed by atoms with Crippen molar-refractivity contribution in [3.05, 3.63) is 34.7 Å². The monoisotopic (exact) mass is 220 g/mol. The van der Waals surface area contributed by atoms with Crippen LogP contribution in [-0.2, 0) is 0 Å². The quantitative estimate of drug-likeness (QED) is 0.774. The second-order valence-corrected chi connectivity index (χ2v) is 4.65. The molecule has 1 aliphatic carbocycles. The Labute approximate surface area is 96.3 Å². The van der Waals surface area contributed by atoms with E-state index in [2.05, 4.69) is 0 Å². The van der Waals surface area contributed by atoms with Gasteiger partial charge in [0.1, 0.15) is 0 Å². The van der Waals surface area contributed by atoms with Crippen molar-refractivity contribution in [3.8, 4) is 0 Å². The lowest BCUT2D eigenvalue weighted by Gasteiger charge is -2.25. The molecule has 1 aromatic rings. The van der Waals surface area contributed by atoms with Gasteiger partial charge in [0.2, 0.25) is 0 Å². The number of hydrogen-bond acceptors (Lipinski definition) is 2. The Balaban J connectivity index is 2.29. The van der Waals surface area contributed by atoms with Gasteiger partial charge in [-0.3, -0.25) is 4.79 Å². The molecule has 1 aliphatic rings. The molecular formula is C13H20N2O. The lowest BCUT2D eigenvalue weighted by molar-refractivity contribution is 0.310. The third kappa shape index (κ3) is 2.35. The maximum absolute atomic E-state index is 11.8. The highest BCUT2D eigenvalue weighted by Crippen LogP contribution is 2.30. The fraction of sp³-hybridized carbons (Fsp3) is 0.615. The van der Waals surface area contributed by atoms with Gasteiger partial charge in [0, 0.05) is 18.3 Å². The molecule has 1 saturated carbocycles. The predicted molar refractivity (Wildman–Crippen MR) is 65.4 cm³/mol. The van der Waals surface area contributed by atoms with Gasteiger partial charge in [0.15, 0.2) is 0 Å². The van der Waals surface area contributed by atoms with E-state index >= 15 is 0 Å². The Kier molecular flexibility index (Phi) is 3.78. The molecule has 2 atom stereocenters. The molecule has 2 unspecified atom stereocenters. The third-order valence-electron chi connectivity index (χ3n) is 3.63. The van der Waals surface area contributed by atoms with Crippen molar-refractivity contribution >= 4 is 0 Å². The number of nitrogens with zero attached hydrogens (tertiary/aromatic N) is 1. The summed E-state index contributed by atoms with van der Waals surface area (Å²) >= 11 is 0. The summed E-state index contributed by atoms with van der Waals surface area (Å²) in [5.41, 5.74) is 5.94. The van der Waals surface area contributed by atoms with Crippen molar-refractivity contribution in [1.29, 1.82) is 0 Å². The highest BCUT2D eigenvalue weighted by molar-refractivity contribution is 4.96. The molecule has 0 aromatic carbocycles. The molecule has 2 rings (SSSR count). The van der Waals surface area contributed by atoms with Crippen LogP contribution in [-0.4, -0.2) is 11.1 Å². The number of hydrogen-bond donors (Lipinski definition) is 1. The summed E-state index contributed by atoms with van der Waals surface area (Å²) < 4.78 is 1.88. The molecular weight excluding hydrogens is 200 g/mol. The van der Waals surface area contributed by atoms with Crippen molar-refractivity contribution in [2.75, 3.05) is 6.54 Å². The smallest absolute Gasteiger partial charge is 0.250 e. The van der Waals surface area contributed by atoms with E-state index in [-0.39, 0.29) is 5.56 Å². The summed E-state index contributed by atoms with van der Waals surface area (Å²) in [6, 6.07) is 5.67. The summed E-state index contributed by atoms with van der Waals surface area (Å²) in [6.45, 7) is 0.687. The largest absolute Gasteiger partial charge is 0.330 e. The molecule has 0 radical (unpaired) electrons. The Hall–Kier alpha value is -1.09. The van der Waals surface area contributed by atoms with E-state index in [4.69, 9.17) is 5.73 Å². The summed E-state index contributed by atoms with van der Waals surface area (Å²) in [5.74, 6) is 0.461. The zero-order valence-corrected chi connectivity index (χ0v) is 9.64. The van der Waals surface area contributed by atoms with Gasteiger partial charge < -0.3 is 10.3 Å². The zero-order valence-electron chi connectivity index (χ0n) is 9.64.